The number of allylic oxidation sites excluding steroid dienone is 1. The molecule has 0 spiro atoms. The molecular weight excluding hydrogens is 350 g/mol. The molecule has 4 aromatic rings. The molecule has 3 heterocycles. The third kappa shape index (κ3) is 3.57. The van der Waals surface area contributed by atoms with Gasteiger partial charge in [-0.2, -0.15) is 10.2 Å². The summed E-state index contributed by atoms with van der Waals surface area (Å²) in [6.07, 6.45) is 3.62. The van der Waals surface area contributed by atoms with E-state index in [1.165, 1.54) is 0 Å². The Hall–Kier alpha value is -3.67. The number of hydrogen-bond donors (Lipinski definition) is 0. The molecule has 0 aliphatic heterocycles. The topological polar surface area (TPSA) is 57.8 Å². The monoisotopic (exact) mass is 371 g/mol. The first-order chi connectivity index (χ1) is 13.5. The zero-order chi connectivity index (χ0) is 19.7. The Labute approximate surface area is 163 Å². The standard InChI is InChI=1S/C22H21N5O/c1-15(2)21-13-19(26-10-6-9-23-26)14-22(24-21)28-20-8-5-7-18(12-20)27-17(4)11-16(3)25-27/h5-14H,1H2,2-4H3. The van der Waals surface area contributed by atoms with Crippen molar-refractivity contribution in [2.24, 2.45) is 0 Å². The van der Waals surface area contributed by atoms with Gasteiger partial charge in [0, 0.05) is 30.2 Å². The molecule has 0 radical (unpaired) electrons. The van der Waals surface area contributed by atoms with Gasteiger partial charge in [0.1, 0.15) is 5.75 Å². The van der Waals surface area contributed by atoms with E-state index in [9.17, 15) is 0 Å². The van der Waals surface area contributed by atoms with Gasteiger partial charge in [-0.15, -0.1) is 0 Å². The molecule has 28 heavy (non-hydrogen) atoms. The number of pyridine rings is 1. The highest BCUT2D eigenvalue weighted by Crippen LogP contribution is 2.26. The van der Waals surface area contributed by atoms with Crippen molar-refractivity contribution in [3.63, 3.8) is 0 Å². The summed E-state index contributed by atoms with van der Waals surface area (Å²) in [6.45, 7) is 9.93. The summed E-state index contributed by atoms with van der Waals surface area (Å²) in [5, 5.41) is 8.83. The third-order valence-electron chi connectivity index (χ3n) is 4.29. The summed E-state index contributed by atoms with van der Waals surface area (Å²) in [5.41, 5.74) is 5.46. The summed E-state index contributed by atoms with van der Waals surface area (Å²) >= 11 is 0. The molecule has 6 heteroatoms. The number of nitrogens with zero attached hydrogens (tertiary/aromatic N) is 5. The van der Waals surface area contributed by atoms with Crippen LogP contribution in [0.15, 0.2) is 67.5 Å². The van der Waals surface area contributed by atoms with Crippen LogP contribution in [0.1, 0.15) is 24.0 Å². The lowest BCUT2D eigenvalue weighted by Crippen LogP contribution is -2.01. The summed E-state index contributed by atoms with van der Waals surface area (Å²) in [5.74, 6) is 1.17. The number of benzene rings is 1. The van der Waals surface area contributed by atoms with Gasteiger partial charge in [-0.25, -0.2) is 14.3 Å². The molecule has 140 valence electrons. The molecule has 1 aromatic carbocycles. The van der Waals surface area contributed by atoms with Crippen LogP contribution in [0, 0.1) is 13.8 Å². The predicted octanol–water partition coefficient (Wildman–Crippen LogP) is 4.90. The summed E-state index contributed by atoms with van der Waals surface area (Å²) in [4.78, 5) is 4.58. The van der Waals surface area contributed by atoms with Gasteiger partial charge in [0.15, 0.2) is 0 Å². The second-order valence-electron chi connectivity index (χ2n) is 6.72. The fraction of sp³-hybridized carbons (Fsp3) is 0.136. The molecule has 0 amide bonds. The predicted molar refractivity (Wildman–Crippen MR) is 109 cm³/mol. The fourth-order valence-electron chi connectivity index (χ4n) is 3.01. The largest absolute Gasteiger partial charge is 0.439 e. The van der Waals surface area contributed by atoms with Crippen molar-refractivity contribution in [3.05, 3.63) is 84.6 Å². The molecule has 0 bridgehead atoms. The number of aromatic nitrogens is 5. The molecule has 0 fully saturated rings. The molecule has 0 N–H and O–H groups in total. The van der Waals surface area contributed by atoms with Crippen LogP contribution < -0.4 is 4.74 Å². The Bertz CT molecular complexity index is 1140. The summed E-state index contributed by atoms with van der Waals surface area (Å²) in [7, 11) is 0. The Morgan fingerprint density at radius 2 is 1.89 bits per heavy atom. The molecule has 0 saturated heterocycles. The Morgan fingerprint density at radius 3 is 2.57 bits per heavy atom. The second kappa shape index (κ2) is 7.15. The molecule has 6 nitrogen and oxygen atoms in total. The van der Waals surface area contributed by atoms with E-state index in [2.05, 4.69) is 21.8 Å². The lowest BCUT2D eigenvalue weighted by atomic mass is 10.2. The van der Waals surface area contributed by atoms with Crippen LogP contribution >= 0.6 is 0 Å². The van der Waals surface area contributed by atoms with Crippen LogP contribution in [0.2, 0.25) is 0 Å². The molecule has 4 rings (SSSR count). The maximum atomic E-state index is 6.08. The minimum atomic E-state index is 0.483. The number of ether oxygens (including phenoxy) is 1. The SMILES string of the molecule is C=C(C)c1cc(-n2cccn2)cc(Oc2cccc(-n3nc(C)cc3C)c2)n1. The third-order valence-corrected chi connectivity index (χ3v) is 4.29. The number of aryl methyl sites for hydroxylation is 2. The minimum Gasteiger partial charge on any atom is -0.439 e. The highest BCUT2D eigenvalue weighted by atomic mass is 16.5. The van der Waals surface area contributed by atoms with Crippen molar-refractivity contribution in [1.82, 2.24) is 24.5 Å². The van der Waals surface area contributed by atoms with Crippen molar-refractivity contribution in [2.45, 2.75) is 20.8 Å². The van der Waals surface area contributed by atoms with E-state index < -0.39 is 0 Å². The molecule has 0 atom stereocenters. The minimum absolute atomic E-state index is 0.483. The van der Waals surface area contributed by atoms with E-state index in [0.717, 1.165) is 34.0 Å². The van der Waals surface area contributed by atoms with Crippen molar-refractivity contribution in [3.8, 4) is 23.0 Å². The van der Waals surface area contributed by atoms with Crippen LogP contribution in [0.4, 0.5) is 0 Å². The van der Waals surface area contributed by atoms with Crippen LogP contribution in [-0.4, -0.2) is 24.5 Å². The van der Waals surface area contributed by atoms with Crippen molar-refractivity contribution < 1.29 is 4.74 Å². The average molecular weight is 371 g/mol. The summed E-state index contributed by atoms with van der Waals surface area (Å²) in [6, 6.07) is 15.5. The Kier molecular flexibility index (Phi) is 4.53. The summed E-state index contributed by atoms with van der Waals surface area (Å²) < 4.78 is 9.75. The van der Waals surface area contributed by atoms with Crippen LogP contribution in [0.25, 0.3) is 16.9 Å². The normalized spacial score (nSPS) is 10.8. The second-order valence-corrected chi connectivity index (χ2v) is 6.72. The maximum Gasteiger partial charge on any atom is 0.221 e. The van der Waals surface area contributed by atoms with Gasteiger partial charge >= 0.3 is 0 Å². The van der Waals surface area contributed by atoms with Crippen LogP contribution in [-0.2, 0) is 0 Å². The van der Waals surface area contributed by atoms with Crippen LogP contribution in [0.5, 0.6) is 11.6 Å². The van der Waals surface area contributed by atoms with Gasteiger partial charge in [-0.1, -0.05) is 12.6 Å². The smallest absolute Gasteiger partial charge is 0.221 e. The highest BCUT2D eigenvalue weighted by Gasteiger charge is 2.10. The van der Waals surface area contributed by atoms with E-state index >= 15 is 0 Å². The lowest BCUT2D eigenvalue weighted by Gasteiger charge is -2.11. The quantitative estimate of drug-likeness (QED) is 0.501. The van der Waals surface area contributed by atoms with Gasteiger partial charge in [-0.3, -0.25) is 0 Å². The molecule has 0 saturated carbocycles. The van der Waals surface area contributed by atoms with Crippen LogP contribution in [0.3, 0.4) is 0 Å². The van der Waals surface area contributed by atoms with Gasteiger partial charge in [0.25, 0.3) is 0 Å². The molecular formula is C22H21N5O. The molecule has 0 aliphatic rings. The van der Waals surface area contributed by atoms with E-state index in [1.807, 2.05) is 80.2 Å². The zero-order valence-electron chi connectivity index (χ0n) is 16.1. The van der Waals surface area contributed by atoms with Gasteiger partial charge in [-0.05, 0) is 56.7 Å². The lowest BCUT2D eigenvalue weighted by molar-refractivity contribution is 0.461. The maximum absolute atomic E-state index is 6.08. The zero-order valence-corrected chi connectivity index (χ0v) is 16.1. The van der Waals surface area contributed by atoms with E-state index in [4.69, 9.17) is 4.74 Å². The van der Waals surface area contributed by atoms with E-state index in [1.54, 1.807) is 10.9 Å². The van der Waals surface area contributed by atoms with E-state index in [-0.39, 0.29) is 0 Å². The highest BCUT2D eigenvalue weighted by molar-refractivity contribution is 5.61. The fourth-order valence-corrected chi connectivity index (χ4v) is 3.01. The Balaban J connectivity index is 1.70. The molecule has 0 unspecified atom stereocenters. The number of hydrogen-bond acceptors (Lipinski definition) is 4. The molecule has 0 aliphatic carbocycles. The van der Waals surface area contributed by atoms with Crippen molar-refractivity contribution in [1.29, 1.82) is 0 Å². The van der Waals surface area contributed by atoms with Crippen molar-refractivity contribution in [2.75, 3.05) is 0 Å². The number of rotatable bonds is 5. The van der Waals surface area contributed by atoms with Gasteiger partial charge < -0.3 is 4.74 Å². The molecule has 3 aromatic heterocycles. The van der Waals surface area contributed by atoms with Crippen molar-refractivity contribution >= 4 is 5.57 Å². The van der Waals surface area contributed by atoms with E-state index in [0.29, 0.717) is 11.6 Å². The van der Waals surface area contributed by atoms with Gasteiger partial charge in [0.05, 0.1) is 22.8 Å². The first-order valence-electron chi connectivity index (χ1n) is 8.99. The Morgan fingerprint density at radius 1 is 1.04 bits per heavy atom. The van der Waals surface area contributed by atoms with Gasteiger partial charge in [0.2, 0.25) is 5.88 Å². The average Bonchev–Trinajstić information content (AvgIpc) is 3.31. The first kappa shape index (κ1) is 17.7. The first-order valence-corrected chi connectivity index (χ1v) is 8.99.